The summed E-state index contributed by atoms with van der Waals surface area (Å²) in [7, 11) is 3.23. The first kappa shape index (κ1) is 28.9. The molecule has 2 amide bonds. The summed E-state index contributed by atoms with van der Waals surface area (Å²) in [4.78, 5) is 30.2. The lowest BCUT2D eigenvalue weighted by molar-refractivity contribution is -0.137. The van der Waals surface area contributed by atoms with E-state index in [9.17, 15) is 0 Å². The average molecular weight is 587 g/mol. The Morgan fingerprint density at radius 2 is 0.886 bits per heavy atom. The van der Waals surface area contributed by atoms with Crippen molar-refractivity contribution in [2.45, 2.75) is 26.7 Å². The zero-order chi connectivity index (χ0) is 30.9. The molecule has 0 bridgehead atoms. The molecular weight excluding hydrogens is 552 g/mol. The van der Waals surface area contributed by atoms with E-state index in [2.05, 4.69) is 0 Å². The number of benzene rings is 4. The van der Waals surface area contributed by atoms with Gasteiger partial charge in [0.2, 0.25) is 0 Å². The third kappa shape index (κ3) is 4.54. The van der Waals surface area contributed by atoms with Gasteiger partial charge in [-0.3, -0.25) is 9.59 Å². The molecule has 2 aliphatic heterocycles. The molecule has 0 spiro atoms. The second kappa shape index (κ2) is 11.4. The number of nitrogens with zero attached hydrogens (tertiary/aromatic N) is 4. The number of anilines is 2. The summed E-state index contributed by atoms with van der Waals surface area (Å²) in [5.41, 5.74) is 1.31. The number of hydrogen-bond acceptors (Lipinski definition) is 6. The minimum Gasteiger partial charge on any atom is -0.497 e. The number of amides is 2. The van der Waals surface area contributed by atoms with Crippen molar-refractivity contribution in [1.82, 2.24) is 0 Å². The van der Waals surface area contributed by atoms with Crippen molar-refractivity contribution in [3.8, 4) is 11.5 Å². The Hall–Kier alpha value is -5.24. The van der Waals surface area contributed by atoms with Crippen LogP contribution in [0.5, 0.6) is 11.5 Å². The number of hydrazone groups is 2. The van der Waals surface area contributed by atoms with E-state index in [4.69, 9.17) is 19.7 Å². The van der Waals surface area contributed by atoms with E-state index in [0.717, 1.165) is 11.1 Å². The molecule has 0 aliphatic carbocycles. The second-order valence-electron chi connectivity index (χ2n) is 11.1. The number of methoxy groups -OCH3 is 2. The number of carbonyl (C=O) groups is 2. The molecule has 2 aliphatic rings. The minimum atomic E-state index is -1.40. The molecule has 2 heterocycles. The first-order valence-electron chi connectivity index (χ1n) is 14.5. The van der Waals surface area contributed by atoms with Crippen LogP contribution in [0.25, 0.3) is 0 Å². The first-order valence-corrected chi connectivity index (χ1v) is 14.5. The molecule has 8 heteroatoms. The average Bonchev–Trinajstić information content (AvgIpc) is 3.47. The lowest BCUT2D eigenvalue weighted by atomic mass is 9.54. The van der Waals surface area contributed by atoms with Gasteiger partial charge in [-0.05, 0) is 86.3 Å². The highest BCUT2D eigenvalue weighted by molar-refractivity contribution is 6.30. The number of ether oxygens (including phenoxy) is 2. The summed E-state index contributed by atoms with van der Waals surface area (Å²) in [6, 6.07) is 33.9. The molecule has 4 aromatic rings. The summed E-state index contributed by atoms with van der Waals surface area (Å²) >= 11 is 0. The van der Waals surface area contributed by atoms with Gasteiger partial charge in [-0.25, -0.2) is 0 Å². The van der Waals surface area contributed by atoms with Crippen molar-refractivity contribution >= 4 is 34.6 Å². The molecule has 0 fully saturated rings. The highest BCUT2D eigenvalue weighted by Crippen LogP contribution is 2.55. The minimum absolute atomic E-state index is 0.228. The Morgan fingerprint density at radius 3 is 1.20 bits per heavy atom. The molecule has 0 N–H and O–H groups in total. The molecule has 6 rings (SSSR count). The van der Waals surface area contributed by atoms with Crippen LogP contribution in [0.1, 0.15) is 25.0 Å². The van der Waals surface area contributed by atoms with E-state index in [1.807, 2.05) is 123 Å². The molecule has 4 aromatic carbocycles. The Bertz CT molecular complexity index is 1610. The Kier molecular flexibility index (Phi) is 7.51. The fraction of sp³-hybridized carbons (Fsp3) is 0.222. The van der Waals surface area contributed by atoms with Gasteiger partial charge >= 0.3 is 0 Å². The molecule has 2 atom stereocenters. The van der Waals surface area contributed by atoms with Crippen LogP contribution in [0.15, 0.2) is 119 Å². The Morgan fingerprint density at radius 1 is 0.545 bits per heavy atom. The van der Waals surface area contributed by atoms with Crippen LogP contribution in [0, 0.1) is 10.8 Å². The third-order valence-electron chi connectivity index (χ3n) is 8.84. The maximum absolute atomic E-state index is 15.1. The van der Waals surface area contributed by atoms with Gasteiger partial charge in [-0.15, -0.1) is 0 Å². The van der Waals surface area contributed by atoms with Crippen molar-refractivity contribution in [3.05, 3.63) is 120 Å². The number of para-hydroxylation sites is 2. The molecule has 0 radical (unpaired) electrons. The summed E-state index contributed by atoms with van der Waals surface area (Å²) in [5.74, 6) is 0.858. The SMILES string of the molecule is COc1ccc(CC2(C3(Cc4ccc(OC)cc4)C(=O)N(c4ccccc4)N=C3C)C(=O)N(c3ccccc3)N=C2C)cc1. The zero-order valence-corrected chi connectivity index (χ0v) is 25.2. The fourth-order valence-corrected chi connectivity index (χ4v) is 6.51. The van der Waals surface area contributed by atoms with E-state index >= 15 is 9.59 Å². The van der Waals surface area contributed by atoms with Crippen molar-refractivity contribution in [1.29, 1.82) is 0 Å². The van der Waals surface area contributed by atoms with Crippen LogP contribution in [0.3, 0.4) is 0 Å². The Labute approximate surface area is 257 Å². The van der Waals surface area contributed by atoms with Crippen molar-refractivity contribution in [3.63, 3.8) is 0 Å². The fourth-order valence-electron chi connectivity index (χ4n) is 6.51. The van der Waals surface area contributed by atoms with Crippen LogP contribution >= 0.6 is 0 Å². The van der Waals surface area contributed by atoms with Gasteiger partial charge in [0, 0.05) is 0 Å². The molecule has 8 nitrogen and oxygen atoms in total. The van der Waals surface area contributed by atoms with Gasteiger partial charge in [0.1, 0.15) is 22.3 Å². The van der Waals surface area contributed by atoms with Gasteiger partial charge in [-0.2, -0.15) is 20.2 Å². The predicted molar refractivity (Wildman–Crippen MR) is 172 cm³/mol. The molecular formula is C36H34N4O4. The highest BCUT2D eigenvalue weighted by atomic mass is 16.5. The van der Waals surface area contributed by atoms with Gasteiger partial charge in [0.15, 0.2) is 0 Å². The summed E-state index contributed by atoms with van der Waals surface area (Å²) in [6.07, 6.45) is 0.456. The van der Waals surface area contributed by atoms with E-state index in [1.54, 1.807) is 14.2 Å². The first-order chi connectivity index (χ1) is 21.3. The lowest BCUT2D eigenvalue weighted by Gasteiger charge is -2.44. The van der Waals surface area contributed by atoms with Crippen LogP contribution in [-0.2, 0) is 22.4 Å². The van der Waals surface area contributed by atoms with Gasteiger partial charge in [0.25, 0.3) is 11.8 Å². The van der Waals surface area contributed by atoms with E-state index in [1.165, 1.54) is 10.0 Å². The number of carbonyl (C=O) groups excluding carboxylic acids is 2. The van der Waals surface area contributed by atoms with E-state index in [-0.39, 0.29) is 24.7 Å². The van der Waals surface area contributed by atoms with E-state index < -0.39 is 10.8 Å². The topological polar surface area (TPSA) is 83.8 Å². The summed E-state index contributed by atoms with van der Waals surface area (Å²) in [6.45, 7) is 3.71. The van der Waals surface area contributed by atoms with Crippen LogP contribution in [0.2, 0.25) is 0 Å². The maximum Gasteiger partial charge on any atom is 0.261 e. The molecule has 2 unspecified atom stereocenters. The monoisotopic (exact) mass is 586 g/mol. The predicted octanol–water partition coefficient (Wildman–Crippen LogP) is 6.31. The quantitative estimate of drug-likeness (QED) is 0.230. The second-order valence-corrected chi connectivity index (χ2v) is 11.1. The molecule has 222 valence electrons. The van der Waals surface area contributed by atoms with Gasteiger partial charge < -0.3 is 9.47 Å². The van der Waals surface area contributed by atoms with Gasteiger partial charge in [-0.1, -0.05) is 60.7 Å². The van der Waals surface area contributed by atoms with Crippen molar-refractivity contribution in [2.75, 3.05) is 24.2 Å². The van der Waals surface area contributed by atoms with Crippen LogP contribution in [0.4, 0.5) is 11.4 Å². The molecule has 0 saturated heterocycles. The third-order valence-corrected chi connectivity index (χ3v) is 8.84. The highest BCUT2D eigenvalue weighted by Gasteiger charge is 2.70. The number of hydrogen-bond donors (Lipinski definition) is 0. The largest absolute Gasteiger partial charge is 0.497 e. The summed E-state index contributed by atoms with van der Waals surface area (Å²) in [5, 5.41) is 12.6. The smallest absolute Gasteiger partial charge is 0.261 e. The lowest BCUT2D eigenvalue weighted by Crippen LogP contribution is -2.61. The van der Waals surface area contributed by atoms with Crippen LogP contribution in [-0.4, -0.2) is 37.5 Å². The Balaban J connectivity index is 1.59. The van der Waals surface area contributed by atoms with Crippen molar-refractivity contribution < 1.29 is 19.1 Å². The molecule has 0 saturated carbocycles. The normalized spacial score (nSPS) is 21.4. The van der Waals surface area contributed by atoms with Gasteiger partial charge in [0.05, 0.1) is 37.0 Å². The van der Waals surface area contributed by atoms with E-state index in [0.29, 0.717) is 34.3 Å². The maximum atomic E-state index is 15.1. The van der Waals surface area contributed by atoms with Crippen molar-refractivity contribution in [2.24, 2.45) is 21.0 Å². The van der Waals surface area contributed by atoms with Crippen LogP contribution < -0.4 is 19.5 Å². The number of rotatable bonds is 9. The zero-order valence-electron chi connectivity index (χ0n) is 25.2. The molecule has 44 heavy (non-hydrogen) atoms. The standard InChI is InChI=1S/C36H34N4O4/c1-25-35(23-27-15-19-31(43-3)20-16-27,33(41)39(37-25)29-11-7-5-8-12-29)36(24-28-17-21-32(44-4)22-18-28)26(2)38-40(34(36)42)30-13-9-6-10-14-30/h5-22H,23-24H2,1-4H3. The molecule has 0 aromatic heterocycles. The summed E-state index contributed by atoms with van der Waals surface area (Å²) < 4.78 is 10.8.